The predicted octanol–water partition coefficient (Wildman–Crippen LogP) is 2.45. The van der Waals surface area contributed by atoms with Crippen molar-refractivity contribution in [3.63, 3.8) is 0 Å². The highest BCUT2D eigenvalue weighted by molar-refractivity contribution is 5.95. The molecule has 4 heteroatoms. The maximum atomic E-state index is 11.3. The Morgan fingerprint density at radius 2 is 1.94 bits per heavy atom. The van der Waals surface area contributed by atoms with E-state index < -0.39 is 5.97 Å². The van der Waals surface area contributed by atoms with Crippen molar-refractivity contribution < 1.29 is 9.90 Å². The number of piperidine rings is 1. The van der Waals surface area contributed by atoms with Crippen molar-refractivity contribution in [3.8, 4) is 0 Å². The lowest BCUT2D eigenvalue weighted by Crippen LogP contribution is -2.39. The van der Waals surface area contributed by atoms with Gasteiger partial charge in [-0.3, -0.25) is 0 Å². The van der Waals surface area contributed by atoms with Gasteiger partial charge in [0.2, 0.25) is 0 Å². The standard InChI is InChI=1S/C14H20N2O2/c1-9-5-10(2)8-16(7-9)13-6-11(15)3-4-12(13)14(17)18/h3-4,6,9-10H,5,7-8,15H2,1-2H3,(H,17,18). The molecular weight excluding hydrogens is 228 g/mol. The summed E-state index contributed by atoms with van der Waals surface area (Å²) in [6.45, 7) is 6.20. The molecule has 0 bridgehead atoms. The van der Waals surface area contributed by atoms with Crippen molar-refractivity contribution in [1.82, 2.24) is 0 Å². The van der Waals surface area contributed by atoms with Crippen LogP contribution in [0.2, 0.25) is 0 Å². The van der Waals surface area contributed by atoms with Gasteiger partial charge >= 0.3 is 5.97 Å². The van der Waals surface area contributed by atoms with Crippen LogP contribution in [0.1, 0.15) is 30.6 Å². The van der Waals surface area contributed by atoms with Gasteiger partial charge in [0.1, 0.15) is 0 Å². The Morgan fingerprint density at radius 1 is 1.33 bits per heavy atom. The molecule has 0 aliphatic carbocycles. The van der Waals surface area contributed by atoms with Crippen molar-refractivity contribution in [2.75, 3.05) is 23.7 Å². The van der Waals surface area contributed by atoms with Crippen LogP contribution in [-0.2, 0) is 0 Å². The molecule has 18 heavy (non-hydrogen) atoms. The van der Waals surface area contributed by atoms with Crippen LogP contribution in [0.25, 0.3) is 0 Å². The molecule has 1 aromatic rings. The van der Waals surface area contributed by atoms with Crippen LogP contribution < -0.4 is 10.6 Å². The van der Waals surface area contributed by atoms with E-state index in [2.05, 4.69) is 18.7 Å². The maximum absolute atomic E-state index is 11.3. The van der Waals surface area contributed by atoms with Crippen molar-refractivity contribution in [2.24, 2.45) is 11.8 Å². The highest BCUT2D eigenvalue weighted by Gasteiger charge is 2.25. The third-order valence-electron chi connectivity index (χ3n) is 3.46. The highest BCUT2D eigenvalue weighted by atomic mass is 16.4. The molecule has 4 nitrogen and oxygen atoms in total. The fraction of sp³-hybridized carbons (Fsp3) is 0.500. The number of rotatable bonds is 2. The first-order valence-electron chi connectivity index (χ1n) is 6.35. The topological polar surface area (TPSA) is 66.6 Å². The summed E-state index contributed by atoms with van der Waals surface area (Å²) in [6, 6.07) is 5.01. The second-order valence-electron chi connectivity index (χ2n) is 5.43. The first-order chi connectivity index (χ1) is 8.47. The number of nitrogens with zero attached hydrogens (tertiary/aromatic N) is 1. The number of hydrogen-bond donors (Lipinski definition) is 2. The molecule has 1 aromatic carbocycles. The molecule has 2 atom stereocenters. The van der Waals surface area contributed by atoms with Gasteiger partial charge in [0.15, 0.2) is 0 Å². The zero-order valence-corrected chi connectivity index (χ0v) is 10.9. The Labute approximate surface area is 107 Å². The summed E-state index contributed by atoms with van der Waals surface area (Å²) >= 11 is 0. The molecule has 1 aliphatic heterocycles. The minimum absolute atomic E-state index is 0.338. The lowest BCUT2D eigenvalue weighted by atomic mass is 9.91. The number of hydrogen-bond acceptors (Lipinski definition) is 3. The number of nitrogen functional groups attached to an aromatic ring is 1. The molecule has 0 radical (unpaired) electrons. The molecular formula is C14H20N2O2. The number of benzene rings is 1. The Hall–Kier alpha value is -1.71. The smallest absolute Gasteiger partial charge is 0.337 e. The van der Waals surface area contributed by atoms with Gasteiger partial charge in [0.25, 0.3) is 0 Å². The van der Waals surface area contributed by atoms with E-state index >= 15 is 0 Å². The van der Waals surface area contributed by atoms with Crippen LogP contribution in [0.4, 0.5) is 11.4 Å². The normalized spacial score (nSPS) is 24.0. The SMILES string of the molecule is CC1CC(C)CN(c2cc(N)ccc2C(=O)O)C1. The van der Waals surface area contributed by atoms with Gasteiger partial charge in [-0.2, -0.15) is 0 Å². The van der Waals surface area contributed by atoms with Gasteiger partial charge in [0.05, 0.1) is 11.3 Å². The highest BCUT2D eigenvalue weighted by Crippen LogP contribution is 2.30. The van der Waals surface area contributed by atoms with Gasteiger partial charge in [-0.25, -0.2) is 4.79 Å². The number of carbonyl (C=O) groups is 1. The molecule has 2 unspecified atom stereocenters. The Balaban J connectivity index is 2.36. The second kappa shape index (κ2) is 4.88. The average molecular weight is 248 g/mol. The van der Waals surface area contributed by atoms with E-state index in [4.69, 9.17) is 5.73 Å². The van der Waals surface area contributed by atoms with Crippen LogP contribution in [0.3, 0.4) is 0 Å². The van der Waals surface area contributed by atoms with Crippen LogP contribution in [-0.4, -0.2) is 24.2 Å². The van der Waals surface area contributed by atoms with E-state index in [0.29, 0.717) is 23.1 Å². The summed E-state index contributed by atoms with van der Waals surface area (Å²) in [5.74, 6) is 0.268. The summed E-state index contributed by atoms with van der Waals surface area (Å²) in [4.78, 5) is 13.4. The van der Waals surface area contributed by atoms with Crippen LogP contribution >= 0.6 is 0 Å². The van der Waals surface area contributed by atoms with Crippen molar-refractivity contribution in [1.29, 1.82) is 0 Å². The fourth-order valence-electron chi connectivity index (χ4n) is 2.85. The van der Waals surface area contributed by atoms with Gasteiger partial charge < -0.3 is 15.7 Å². The second-order valence-corrected chi connectivity index (χ2v) is 5.43. The molecule has 0 aromatic heterocycles. The van der Waals surface area contributed by atoms with E-state index in [-0.39, 0.29) is 0 Å². The quantitative estimate of drug-likeness (QED) is 0.789. The summed E-state index contributed by atoms with van der Waals surface area (Å²) in [5.41, 5.74) is 7.49. The molecule has 1 aliphatic rings. The fourth-order valence-corrected chi connectivity index (χ4v) is 2.85. The first-order valence-corrected chi connectivity index (χ1v) is 6.35. The number of anilines is 2. The lowest BCUT2D eigenvalue weighted by Gasteiger charge is -2.37. The largest absolute Gasteiger partial charge is 0.478 e. The van der Waals surface area contributed by atoms with Gasteiger partial charge in [-0.1, -0.05) is 13.8 Å². The summed E-state index contributed by atoms with van der Waals surface area (Å²) in [5, 5.41) is 9.25. The summed E-state index contributed by atoms with van der Waals surface area (Å²) < 4.78 is 0. The summed E-state index contributed by atoms with van der Waals surface area (Å²) in [7, 11) is 0. The third kappa shape index (κ3) is 2.58. The molecule has 98 valence electrons. The number of carboxylic acids is 1. The predicted molar refractivity (Wildman–Crippen MR) is 73.0 cm³/mol. The van der Waals surface area contributed by atoms with Crippen molar-refractivity contribution in [2.45, 2.75) is 20.3 Å². The zero-order valence-electron chi connectivity index (χ0n) is 10.9. The third-order valence-corrected chi connectivity index (χ3v) is 3.46. The number of aromatic carboxylic acids is 1. The van der Waals surface area contributed by atoms with Crippen LogP contribution in [0.15, 0.2) is 18.2 Å². The molecule has 1 fully saturated rings. The molecule has 0 amide bonds. The van der Waals surface area contributed by atoms with Gasteiger partial charge in [-0.15, -0.1) is 0 Å². The molecule has 3 N–H and O–H groups in total. The monoisotopic (exact) mass is 248 g/mol. The Kier molecular flexibility index (Phi) is 3.45. The van der Waals surface area contributed by atoms with Crippen LogP contribution in [0.5, 0.6) is 0 Å². The maximum Gasteiger partial charge on any atom is 0.337 e. The average Bonchev–Trinajstić information content (AvgIpc) is 2.27. The molecule has 1 heterocycles. The van der Waals surface area contributed by atoms with E-state index in [1.54, 1.807) is 18.2 Å². The number of carboxylic acid groups (broad SMARTS) is 1. The van der Waals surface area contributed by atoms with Crippen molar-refractivity contribution >= 4 is 17.3 Å². The molecule has 1 saturated heterocycles. The van der Waals surface area contributed by atoms with Gasteiger partial charge in [0, 0.05) is 18.8 Å². The van der Waals surface area contributed by atoms with Crippen molar-refractivity contribution in [3.05, 3.63) is 23.8 Å². The van der Waals surface area contributed by atoms with E-state index in [1.165, 1.54) is 6.42 Å². The van der Waals surface area contributed by atoms with Crippen LogP contribution in [0, 0.1) is 11.8 Å². The van der Waals surface area contributed by atoms with E-state index in [1.807, 2.05) is 0 Å². The molecule has 0 saturated carbocycles. The van der Waals surface area contributed by atoms with E-state index in [9.17, 15) is 9.90 Å². The zero-order chi connectivity index (χ0) is 13.3. The first kappa shape index (κ1) is 12.7. The Morgan fingerprint density at radius 3 is 2.50 bits per heavy atom. The lowest BCUT2D eigenvalue weighted by molar-refractivity contribution is 0.0697. The minimum atomic E-state index is -0.893. The van der Waals surface area contributed by atoms with E-state index in [0.717, 1.165) is 18.8 Å². The summed E-state index contributed by atoms with van der Waals surface area (Å²) in [6.07, 6.45) is 1.20. The minimum Gasteiger partial charge on any atom is -0.478 e. The number of nitrogens with two attached hydrogens (primary N) is 1. The Bertz CT molecular complexity index is 449. The van der Waals surface area contributed by atoms with Gasteiger partial charge in [-0.05, 0) is 36.5 Å². The molecule has 2 rings (SSSR count). The molecule has 0 spiro atoms.